The first-order valence-electron chi connectivity index (χ1n) is 5.73. The quantitative estimate of drug-likeness (QED) is 0.783. The second-order valence-corrected chi connectivity index (χ2v) is 8.00. The summed E-state index contributed by atoms with van der Waals surface area (Å²) >= 11 is 10.3. The third-order valence-corrected chi connectivity index (χ3v) is 5.98. The summed E-state index contributed by atoms with van der Waals surface area (Å²) in [5.41, 5.74) is 0.111. The van der Waals surface area contributed by atoms with Crippen molar-refractivity contribution in [2.45, 2.75) is 11.4 Å². The lowest BCUT2D eigenvalue weighted by atomic mass is 10.3. The molecule has 21 heavy (non-hydrogen) atoms. The molecule has 114 valence electrons. The van der Waals surface area contributed by atoms with Gasteiger partial charge in [-0.1, -0.05) is 11.6 Å². The number of benzene rings is 1. The van der Waals surface area contributed by atoms with E-state index in [4.69, 9.17) is 11.6 Å². The van der Waals surface area contributed by atoms with E-state index in [1.165, 1.54) is 17.4 Å². The number of hydrogen-bond acceptors (Lipinski definition) is 4. The summed E-state index contributed by atoms with van der Waals surface area (Å²) in [6, 6.07) is 3.71. The van der Waals surface area contributed by atoms with Crippen LogP contribution in [-0.2, 0) is 16.6 Å². The third-order valence-electron chi connectivity index (χ3n) is 2.57. The zero-order valence-corrected chi connectivity index (χ0v) is 14.8. The van der Waals surface area contributed by atoms with Crippen LogP contribution in [-0.4, -0.2) is 15.5 Å². The SMILES string of the molecule is CNCc1sccc1S(=O)(=O)Nc1c(Cl)cc(F)cc1Br. The molecule has 0 unspecified atom stereocenters. The minimum absolute atomic E-state index is 0.0177. The van der Waals surface area contributed by atoms with Crippen molar-refractivity contribution in [1.82, 2.24) is 5.32 Å². The third kappa shape index (κ3) is 3.75. The molecule has 2 N–H and O–H groups in total. The van der Waals surface area contributed by atoms with E-state index in [9.17, 15) is 12.8 Å². The maximum atomic E-state index is 13.2. The van der Waals surface area contributed by atoms with Gasteiger partial charge in [-0.3, -0.25) is 4.72 Å². The summed E-state index contributed by atoms with van der Waals surface area (Å²) in [4.78, 5) is 0.855. The molecule has 0 spiro atoms. The lowest BCUT2D eigenvalue weighted by molar-refractivity contribution is 0.599. The monoisotopic (exact) mass is 412 g/mol. The number of anilines is 1. The highest BCUT2D eigenvalue weighted by molar-refractivity contribution is 9.10. The Kier molecular flexibility index (Phi) is 5.26. The second-order valence-electron chi connectivity index (χ2n) is 4.09. The number of halogens is 3. The van der Waals surface area contributed by atoms with Crippen LogP contribution < -0.4 is 10.0 Å². The average molecular weight is 414 g/mol. The van der Waals surface area contributed by atoms with Crippen LogP contribution in [0.3, 0.4) is 0 Å². The van der Waals surface area contributed by atoms with Crippen LogP contribution in [0.5, 0.6) is 0 Å². The normalized spacial score (nSPS) is 11.6. The van der Waals surface area contributed by atoms with E-state index in [1.807, 2.05) is 0 Å². The van der Waals surface area contributed by atoms with Crippen molar-refractivity contribution in [3.05, 3.63) is 43.8 Å². The first-order chi connectivity index (χ1) is 9.85. The van der Waals surface area contributed by atoms with E-state index < -0.39 is 15.8 Å². The molecular weight excluding hydrogens is 403 g/mol. The summed E-state index contributed by atoms with van der Waals surface area (Å²) < 4.78 is 40.7. The zero-order valence-electron chi connectivity index (χ0n) is 10.8. The van der Waals surface area contributed by atoms with Gasteiger partial charge in [-0.2, -0.15) is 0 Å². The number of rotatable bonds is 5. The molecule has 4 nitrogen and oxygen atoms in total. The van der Waals surface area contributed by atoms with Crippen molar-refractivity contribution in [3.8, 4) is 0 Å². The minimum Gasteiger partial charge on any atom is -0.315 e. The molecule has 0 aliphatic rings. The molecule has 0 aliphatic carbocycles. The van der Waals surface area contributed by atoms with Crippen LogP contribution in [0.1, 0.15) is 4.88 Å². The highest BCUT2D eigenvalue weighted by Gasteiger charge is 2.22. The Morgan fingerprint density at radius 1 is 1.43 bits per heavy atom. The Labute approximate surface area is 139 Å². The molecule has 9 heteroatoms. The Hall–Kier alpha value is -0.670. The van der Waals surface area contributed by atoms with Crippen molar-refractivity contribution in [3.63, 3.8) is 0 Å². The minimum atomic E-state index is -3.80. The lowest BCUT2D eigenvalue weighted by Crippen LogP contribution is -2.16. The highest BCUT2D eigenvalue weighted by Crippen LogP contribution is 2.34. The number of sulfonamides is 1. The van der Waals surface area contributed by atoms with Gasteiger partial charge in [-0.05, 0) is 46.6 Å². The Morgan fingerprint density at radius 2 is 2.14 bits per heavy atom. The fourth-order valence-corrected chi connectivity index (χ4v) is 5.33. The van der Waals surface area contributed by atoms with Crippen LogP contribution in [0.25, 0.3) is 0 Å². The highest BCUT2D eigenvalue weighted by atomic mass is 79.9. The van der Waals surface area contributed by atoms with E-state index in [0.717, 1.165) is 12.1 Å². The molecule has 0 fully saturated rings. The topological polar surface area (TPSA) is 58.2 Å². The molecule has 0 amide bonds. The van der Waals surface area contributed by atoms with E-state index in [0.29, 0.717) is 11.4 Å². The van der Waals surface area contributed by atoms with E-state index in [2.05, 4.69) is 26.0 Å². The summed E-state index contributed by atoms with van der Waals surface area (Å²) in [5.74, 6) is -0.554. The molecule has 0 bridgehead atoms. The molecule has 1 aromatic carbocycles. The van der Waals surface area contributed by atoms with Gasteiger partial charge in [0, 0.05) is 15.9 Å². The van der Waals surface area contributed by atoms with Crippen LogP contribution in [0.15, 0.2) is 32.9 Å². The van der Waals surface area contributed by atoms with Crippen molar-refractivity contribution < 1.29 is 12.8 Å². The number of nitrogens with one attached hydrogen (secondary N) is 2. The van der Waals surface area contributed by atoms with Gasteiger partial charge in [0.1, 0.15) is 10.7 Å². The van der Waals surface area contributed by atoms with Crippen LogP contribution in [0, 0.1) is 5.82 Å². The fraction of sp³-hybridized carbons (Fsp3) is 0.167. The summed E-state index contributed by atoms with van der Waals surface area (Å²) in [6.45, 7) is 0.437. The Bertz CT molecular complexity index is 741. The predicted molar refractivity (Wildman–Crippen MR) is 87.0 cm³/mol. The first kappa shape index (κ1) is 16.7. The molecule has 0 saturated carbocycles. The van der Waals surface area contributed by atoms with Crippen LogP contribution >= 0.6 is 38.9 Å². The Balaban J connectivity index is 2.40. The molecule has 0 saturated heterocycles. The van der Waals surface area contributed by atoms with E-state index >= 15 is 0 Å². The van der Waals surface area contributed by atoms with E-state index in [-0.39, 0.29) is 20.1 Å². The molecule has 0 atom stereocenters. The largest absolute Gasteiger partial charge is 0.315 e. The molecule has 2 rings (SSSR count). The standard InChI is InChI=1S/C12H11BrClFN2O2S2/c1-16-6-10-11(2-3-20-10)21(18,19)17-12-8(13)4-7(15)5-9(12)14/h2-5,16-17H,6H2,1H3. The second kappa shape index (κ2) is 6.62. The smallest absolute Gasteiger partial charge is 0.263 e. The molecule has 1 aromatic heterocycles. The van der Waals surface area contributed by atoms with Crippen molar-refractivity contribution in [2.24, 2.45) is 0 Å². The molecular formula is C12H11BrClFN2O2S2. The molecule has 0 radical (unpaired) electrons. The van der Waals surface area contributed by atoms with Crippen LogP contribution in [0.4, 0.5) is 10.1 Å². The molecule has 0 aliphatic heterocycles. The number of hydrogen-bond donors (Lipinski definition) is 2. The average Bonchev–Trinajstić information content (AvgIpc) is 2.83. The Morgan fingerprint density at radius 3 is 2.76 bits per heavy atom. The van der Waals surface area contributed by atoms with Gasteiger partial charge in [-0.25, -0.2) is 12.8 Å². The fourth-order valence-electron chi connectivity index (χ4n) is 1.69. The maximum absolute atomic E-state index is 13.2. The van der Waals surface area contributed by atoms with Crippen molar-refractivity contribution in [2.75, 3.05) is 11.8 Å². The van der Waals surface area contributed by atoms with E-state index in [1.54, 1.807) is 12.4 Å². The van der Waals surface area contributed by atoms with Gasteiger partial charge < -0.3 is 5.32 Å². The lowest BCUT2D eigenvalue weighted by Gasteiger charge is -2.12. The number of thiophene rings is 1. The van der Waals surface area contributed by atoms with Gasteiger partial charge in [0.05, 0.1) is 10.7 Å². The van der Waals surface area contributed by atoms with Crippen molar-refractivity contribution in [1.29, 1.82) is 0 Å². The molecule has 1 heterocycles. The van der Waals surface area contributed by atoms with Crippen molar-refractivity contribution >= 4 is 54.6 Å². The summed E-state index contributed by atoms with van der Waals surface area (Å²) in [6.07, 6.45) is 0. The summed E-state index contributed by atoms with van der Waals surface area (Å²) in [7, 11) is -2.06. The van der Waals surface area contributed by atoms with Gasteiger partial charge in [0.15, 0.2) is 0 Å². The molecule has 2 aromatic rings. The van der Waals surface area contributed by atoms with Crippen LogP contribution in [0.2, 0.25) is 5.02 Å². The first-order valence-corrected chi connectivity index (χ1v) is 9.27. The summed E-state index contributed by atoms with van der Waals surface area (Å²) in [5, 5.41) is 4.59. The maximum Gasteiger partial charge on any atom is 0.263 e. The predicted octanol–water partition coefficient (Wildman–Crippen LogP) is 3.82. The van der Waals surface area contributed by atoms with Gasteiger partial charge in [0.2, 0.25) is 0 Å². The van der Waals surface area contributed by atoms with Gasteiger partial charge in [-0.15, -0.1) is 11.3 Å². The zero-order chi connectivity index (χ0) is 15.6. The van der Waals surface area contributed by atoms with Gasteiger partial charge in [0.25, 0.3) is 10.0 Å². The van der Waals surface area contributed by atoms with Gasteiger partial charge >= 0.3 is 0 Å².